The van der Waals surface area contributed by atoms with Gasteiger partial charge < -0.3 is 19.3 Å². The lowest BCUT2D eigenvalue weighted by molar-refractivity contribution is -0.133. The van der Waals surface area contributed by atoms with E-state index in [9.17, 15) is 9.59 Å². The lowest BCUT2D eigenvalue weighted by Gasteiger charge is -2.35. The zero-order valence-corrected chi connectivity index (χ0v) is 14.9. The number of piperidine rings is 1. The number of likely N-dealkylation sites (tertiary alicyclic amines) is 1. The second kappa shape index (κ2) is 7.87. The van der Waals surface area contributed by atoms with Gasteiger partial charge in [0.05, 0.1) is 13.2 Å². The van der Waals surface area contributed by atoms with Crippen LogP contribution < -0.4 is 4.74 Å². The summed E-state index contributed by atoms with van der Waals surface area (Å²) in [5.74, 6) is 0.908. The minimum atomic E-state index is -0.0228. The molecule has 2 saturated heterocycles. The maximum Gasteiger partial charge on any atom is 0.253 e. The van der Waals surface area contributed by atoms with Gasteiger partial charge in [0, 0.05) is 51.5 Å². The van der Waals surface area contributed by atoms with Crippen molar-refractivity contribution in [2.45, 2.75) is 37.8 Å². The second-order valence-electron chi connectivity index (χ2n) is 6.84. The van der Waals surface area contributed by atoms with Crippen LogP contribution in [0.2, 0.25) is 0 Å². The van der Waals surface area contributed by atoms with Crippen LogP contribution in [0.3, 0.4) is 0 Å². The highest BCUT2D eigenvalue weighted by atomic mass is 16.5. The van der Waals surface area contributed by atoms with Crippen molar-refractivity contribution < 1.29 is 19.1 Å². The van der Waals surface area contributed by atoms with Crippen LogP contribution in [0.4, 0.5) is 0 Å². The van der Waals surface area contributed by atoms with Gasteiger partial charge in [-0.2, -0.15) is 0 Å². The molecule has 3 rings (SSSR count). The van der Waals surface area contributed by atoms with E-state index in [1.54, 1.807) is 16.8 Å². The summed E-state index contributed by atoms with van der Waals surface area (Å²) >= 11 is 0. The number of amides is 2. The molecule has 0 N–H and O–H groups in total. The molecule has 6 heteroatoms. The Balaban J connectivity index is 1.59. The van der Waals surface area contributed by atoms with E-state index >= 15 is 0 Å². The van der Waals surface area contributed by atoms with E-state index in [4.69, 9.17) is 9.47 Å². The minimum Gasteiger partial charge on any atom is -0.490 e. The fourth-order valence-corrected chi connectivity index (χ4v) is 3.34. The van der Waals surface area contributed by atoms with Crippen LogP contribution in [0.25, 0.3) is 0 Å². The summed E-state index contributed by atoms with van der Waals surface area (Å²) < 4.78 is 11.3. The molecular weight excluding hydrogens is 320 g/mol. The van der Waals surface area contributed by atoms with Gasteiger partial charge >= 0.3 is 0 Å². The van der Waals surface area contributed by atoms with E-state index in [-0.39, 0.29) is 24.0 Å². The van der Waals surface area contributed by atoms with E-state index < -0.39 is 0 Å². The summed E-state index contributed by atoms with van der Waals surface area (Å²) in [6, 6.07) is 7.39. The molecule has 2 aliphatic heterocycles. The molecule has 136 valence electrons. The lowest BCUT2D eigenvalue weighted by atomic mass is 10.0. The molecular formula is C19H26N2O4. The topological polar surface area (TPSA) is 59.1 Å². The number of carbonyl (C=O) groups is 2. The highest BCUT2D eigenvalue weighted by Crippen LogP contribution is 2.21. The summed E-state index contributed by atoms with van der Waals surface area (Å²) in [6.07, 6.45) is 3.20. The molecule has 0 bridgehead atoms. The quantitative estimate of drug-likeness (QED) is 0.836. The van der Waals surface area contributed by atoms with Crippen LogP contribution in [0.1, 0.15) is 36.0 Å². The third kappa shape index (κ3) is 4.31. The van der Waals surface area contributed by atoms with E-state index in [2.05, 4.69) is 0 Å². The normalized spacial score (nSPS) is 21.9. The van der Waals surface area contributed by atoms with Crippen LogP contribution in [-0.2, 0) is 9.53 Å². The largest absolute Gasteiger partial charge is 0.490 e. The van der Waals surface area contributed by atoms with Gasteiger partial charge in [0.15, 0.2) is 0 Å². The van der Waals surface area contributed by atoms with Gasteiger partial charge in [-0.15, -0.1) is 0 Å². The fraction of sp³-hybridized carbons (Fsp3) is 0.579. The Morgan fingerprint density at radius 3 is 2.52 bits per heavy atom. The number of likely N-dealkylation sites (N-methyl/N-ethyl adjacent to an activating group) is 2. The van der Waals surface area contributed by atoms with Crippen LogP contribution in [0.15, 0.2) is 24.3 Å². The zero-order chi connectivity index (χ0) is 17.8. The van der Waals surface area contributed by atoms with Crippen molar-refractivity contribution in [1.82, 2.24) is 9.80 Å². The van der Waals surface area contributed by atoms with Crippen molar-refractivity contribution in [3.63, 3.8) is 0 Å². The van der Waals surface area contributed by atoms with Crippen LogP contribution >= 0.6 is 0 Å². The number of ether oxygens (including phenoxy) is 2. The molecule has 2 amide bonds. The molecule has 1 unspecified atom stereocenters. The van der Waals surface area contributed by atoms with E-state index in [1.807, 2.05) is 31.3 Å². The van der Waals surface area contributed by atoms with Crippen LogP contribution in [0.5, 0.6) is 5.75 Å². The SMILES string of the molecule is CN1CC(N(C)C(=O)c2ccc(OC3CCOCC3)cc2)CCC1=O. The highest BCUT2D eigenvalue weighted by molar-refractivity contribution is 5.94. The third-order valence-electron chi connectivity index (χ3n) is 5.04. The Kier molecular flexibility index (Phi) is 5.58. The van der Waals surface area contributed by atoms with Crippen molar-refractivity contribution in [1.29, 1.82) is 0 Å². The van der Waals surface area contributed by atoms with Crippen molar-refractivity contribution in [3.05, 3.63) is 29.8 Å². The number of hydrogen-bond donors (Lipinski definition) is 0. The minimum absolute atomic E-state index is 0.0228. The molecule has 0 spiro atoms. The van der Waals surface area contributed by atoms with E-state index in [0.717, 1.165) is 38.2 Å². The Morgan fingerprint density at radius 1 is 1.20 bits per heavy atom. The van der Waals surface area contributed by atoms with Gasteiger partial charge in [0.2, 0.25) is 5.91 Å². The second-order valence-corrected chi connectivity index (χ2v) is 6.84. The Morgan fingerprint density at radius 2 is 1.88 bits per heavy atom. The first-order valence-electron chi connectivity index (χ1n) is 8.90. The van der Waals surface area contributed by atoms with E-state index in [0.29, 0.717) is 18.5 Å². The van der Waals surface area contributed by atoms with Crippen molar-refractivity contribution in [3.8, 4) is 5.75 Å². The summed E-state index contributed by atoms with van der Waals surface area (Å²) in [6.45, 7) is 2.07. The first-order valence-corrected chi connectivity index (χ1v) is 8.90. The average molecular weight is 346 g/mol. The molecule has 1 aromatic rings. The lowest BCUT2D eigenvalue weighted by Crippen LogP contribution is -2.49. The van der Waals surface area contributed by atoms with Crippen molar-refractivity contribution >= 4 is 11.8 Å². The number of benzene rings is 1. The van der Waals surface area contributed by atoms with Gasteiger partial charge in [0.1, 0.15) is 11.9 Å². The van der Waals surface area contributed by atoms with Crippen LogP contribution in [-0.4, -0.2) is 67.6 Å². The number of hydrogen-bond acceptors (Lipinski definition) is 4. The molecule has 0 radical (unpaired) electrons. The molecule has 0 saturated carbocycles. The molecule has 0 aliphatic carbocycles. The fourth-order valence-electron chi connectivity index (χ4n) is 3.34. The number of rotatable bonds is 4. The first-order chi connectivity index (χ1) is 12.0. The van der Waals surface area contributed by atoms with Gasteiger partial charge in [0.25, 0.3) is 5.91 Å². The average Bonchev–Trinajstić information content (AvgIpc) is 2.64. The summed E-state index contributed by atoms with van der Waals surface area (Å²) in [4.78, 5) is 27.7. The van der Waals surface area contributed by atoms with Crippen LogP contribution in [0, 0.1) is 0 Å². The summed E-state index contributed by atoms with van der Waals surface area (Å²) in [7, 11) is 3.60. The number of nitrogens with zero attached hydrogens (tertiary/aromatic N) is 2. The maximum absolute atomic E-state index is 12.7. The smallest absolute Gasteiger partial charge is 0.253 e. The molecule has 1 aromatic carbocycles. The highest BCUT2D eigenvalue weighted by Gasteiger charge is 2.28. The van der Waals surface area contributed by atoms with E-state index in [1.165, 1.54) is 0 Å². The van der Waals surface area contributed by atoms with Crippen molar-refractivity contribution in [2.24, 2.45) is 0 Å². The molecule has 2 heterocycles. The predicted octanol–water partition coefficient (Wildman–Crippen LogP) is 1.94. The maximum atomic E-state index is 12.7. The van der Waals surface area contributed by atoms with Gasteiger partial charge in [-0.05, 0) is 30.7 Å². The molecule has 6 nitrogen and oxygen atoms in total. The van der Waals surface area contributed by atoms with Gasteiger partial charge in [-0.25, -0.2) is 0 Å². The predicted molar refractivity (Wildman–Crippen MR) is 93.7 cm³/mol. The molecule has 1 atom stereocenters. The molecule has 2 aliphatic rings. The summed E-state index contributed by atoms with van der Waals surface area (Å²) in [5.41, 5.74) is 0.640. The first kappa shape index (κ1) is 17.7. The van der Waals surface area contributed by atoms with Crippen molar-refractivity contribution in [2.75, 3.05) is 33.9 Å². The zero-order valence-electron chi connectivity index (χ0n) is 14.9. The number of carbonyl (C=O) groups excluding carboxylic acids is 2. The molecule has 0 aromatic heterocycles. The monoisotopic (exact) mass is 346 g/mol. The van der Waals surface area contributed by atoms with Gasteiger partial charge in [-0.1, -0.05) is 0 Å². The Labute approximate surface area is 148 Å². The Bertz CT molecular complexity index is 610. The van der Waals surface area contributed by atoms with Gasteiger partial charge in [-0.3, -0.25) is 9.59 Å². The molecule has 2 fully saturated rings. The third-order valence-corrected chi connectivity index (χ3v) is 5.04. The summed E-state index contributed by atoms with van der Waals surface area (Å²) in [5, 5.41) is 0. The molecule has 25 heavy (non-hydrogen) atoms. The Hall–Kier alpha value is -2.08. The standard InChI is InChI=1S/C19H26N2O4/c1-20-13-15(5-8-18(20)22)21(2)19(23)14-3-6-16(7-4-14)25-17-9-11-24-12-10-17/h3-4,6-7,15,17H,5,8-13H2,1-2H3.